The SMILES string of the molecule is CCCCC(CC)COCC(CC)OCC(CC)OCC(CC)OCCOCCO. The maximum Gasteiger partial charge on any atom is 0.0807 e. The van der Waals surface area contributed by atoms with E-state index < -0.39 is 0 Å². The number of hydrogen-bond acceptors (Lipinski definition) is 6. The molecule has 0 aromatic carbocycles. The van der Waals surface area contributed by atoms with E-state index in [1.54, 1.807) is 0 Å². The van der Waals surface area contributed by atoms with Crippen molar-refractivity contribution in [3.05, 3.63) is 0 Å². The lowest BCUT2D eigenvalue weighted by atomic mass is 10.0. The molecular weight excluding hydrogens is 384 g/mol. The first-order chi connectivity index (χ1) is 14.6. The summed E-state index contributed by atoms with van der Waals surface area (Å²) in [6, 6.07) is 0. The number of aliphatic hydroxyl groups excluding tert-OH is 1. The van der Waals surface area contributed by atoms with Crippen LogP contribution in [0.4, 0.5) is 0 Å². The fourth-order valence-electron chi connectivity index (χ4n) is 3.04. The summed E-state index contributed by atoms with van der Waals surface area (Å²) < 4.78 is 29.2. The summed E-state index contributed by atoms with van der Waals surface area (Å²) in [6.07, 6.45) is 7.93. The molecule has 0 aliphatic heterocycles. The number of aliphatic hydroxyl groups is 1. The van der Waals surface area contributed by atoms with Crippen LogP contribution < -0.4 is 0 Å². The molecule has 182 valence electrons. The number of rotatable bonds is 23. The molecule has 0 spiro atoms. The molecule has 4 unspecified atom stereocenters. The quantitative estimate of drug-likeness (QED) is 0.237. The van der Waals surface area contributed by atoms with Gasteiger partial charge in [-0.1, -0.05) is 53.9 Å². The van der Waals surface area contributed by atoms with Gasteiger partial charge in [0, 0.05) is 6.61 Å². The molecule has 0 aromatic rings. The molecule has 0 rings (SSSR count). The van der Waals surface area contributed by atoms with E-state index in [4.69, 9.17) is 28.8 Å². The van der Waals surface area contributed by atoms with E-state index in [2.05, 4.69) is 34.6 Å². The van der Waals surface area contributed by atoms with Gasteiger partial charge < -0.3 is 28.8 Å². The number of unbranched alkanes of at least 4 members (excludes halogenated alkanes) is 1. The van der Waals surface area contributed by atoms with Gasteiger partial charge in [0.1, 0.15) is 0 Å². The van der Waals surface area contributed by atoms with Crippen molar-refractivity contribution < 1.29 is 28.8 Å². The van der Waals surface area contributed by atoms with Gasteiger partial charge in [-0.2, -0.15) is 0 Å². The Balaban J connectivity index is 4.09. The van der Waals surface area contributed by atoms with E-state index in [1.165, 1.54) is 25.7 Å². The van der Waals surface area contributed by atoms with Gasteiger partial charge >= 0.3 is 0 Å². The van der Waals surface area contributed by atoms with Gasteiger partial charge in [0.25, 0.3) is 0 Å². The smallest absolute Gasteiger partial charge is 0.0807 e. The van der Waals surface area contributed by atoms with Crippen molar-refractivity contribution in [3.8, 4) is 0 Å². The molecule has 0 bridgehead atoms. The lowest BCUT2D eigenvalue weighted by Gasteiger charge is -2.24. The van der Waals surface area contributed by atoms with E-state index in [0.29, 0.717) is 45.6 Å². The van der Waals surface area contributed by atoms with Crippen LogP contribution in [0.2, 0.25) is 0 Å². The molecule has 0 aromatic heterocycles. The van der Waals surface area contributed by atoms with Crippen molar-refractivity contribution in [2.75, 3.05) is 52.9 Å². The van der Waals surface area contributed by atoms with Crippen molar-refractivity contribution in [1.82, 2.24) is 0 Å². The second-order valence-corrected chi connectivity index (χ2v) is 7.92. The first kappa shape index (κ1) is 29.8. The molecule has 4 atom stereocenters. The van der Waals surface area contributed by atoms with Crippen molar-refractivity contribution in [2.24, 2.45) is 5.92 Å². The first-order valence-electron chi connectivity index (χ1n) is 12.3. The van der Waals surface area contributed by atoms with Crippen LogP contribution >= 0.6 is 0 Å². The highest BCUT2D eigenvalue weighted by atomic mass is 16.6. The zero-order valence-electron chi connectivity index (χ0n) is 20.4. The van der Waals surface area contributed by atoms with Gasteiger partial charge in [-0.15, -0.1) is 0 Å². The molecule has 0 aliphatic carbocycles. The topological polar surface area (TPSA) is 66.4 Å². The molecule has 0 saturated carbocycles. The summed E-state index contributed by atoms with van der Waals surface area (Å²) >= 11 is 0. The van der Waals surface area contributed by atoms with Crippen molar-refractivity contribution in [2.45, 2.75) is 97.9 Å². The van der Waals surface area contributed by atoms with E-state index in [9.17, 15) is 0 Å². The predicted octanol–water partition coefficient (Wildman–Crippen LogP) is 4.61. The number of ether oxygens (including phenoxy) is 5. The zero-order valence-corrected chi connectivity index (χ0v) is 20.4. The highest BCUT2D eigenvalue weighted by Gasteiger charge is 2.16. The molecular formula is C24H50O6. The summed E-state index contributed by atoms with van der Waals surface area (Å²) in [6.45, 7) is 14.9. The fourth-order valence-corrected chi connectivity index (χ4v) is 3.04. The van der Waals surface area contributed by atoms with Crippen LogP contribution in [0.1, 0.15) is 79.6 Å². The Kier molecular flexibility index (Phi) is 21.8. The van der Waals surface area contributed by atoms with Crippen LogP contribution in [0.5, 0.6) is 0 Å². The Morgan fingerprint density at radius 3 is 1.73 bits per heavy atom. The van der Waals surface area contributed by atoms with Crippen LogP contribution in [-0.2, 0) is 23.7 Å². The largest absolute Gasteiger partial charge is 0.394 e. The van der Waals surface area contributed by atoms with E-state index >= 15 is 0 Å². The van der Waals surface area contributed by atoms with Crippen LogP contribution in [0.15, 0.2) is 0 Å². The summed E-state index contributed by atoms with van der Waals surface area (Å²) in [4.78, 5) is 0. The third-order valence-corrected chi connectivity index (χ3v) is 5.42. The average Bonchev–Trinajstić information content (AvgIpc) is 2.78. The maximum absolute atomic E-state index is 8.71. The van der Waals surface area contributed by atoms with Crippen molar-refractivity contribution >= 4 is 0 Å². The monoisotopic (exact) mass is 434 g/mol. The van der Waals surface area contributed by atoms with Crippen LogP contribution in [-0.4, -0.2) is 76.3 Å². The van der Waals surface area contributed by atoms with E-state index in [0.717, 1.165) is 25.9 Å². The summed E-state index contributed by atoms with van der Waals surface area (Å²) in [5, 5.41) is 8.71. The third kappa shape index (κ3) is 16.5. The lowest BCUT2D eigenvalue weighted by molar-refractivity contribution is -0.0995. The minimum Gasteiger partial charge on any atom is -0.394 e. The van der Waals surface area contributed by atoms with Gasteiger partial charge in [0.15, 0.2) is 0 Å². The molecule has 0 amide bonds. The zero-order chi connectivity index (χ0) is 22.5. The first-order valence-corrected chi connectivity index (χ1v) is 12.3. The lowest BCUT2D eigenvalue weighted by Crippen LogP contribution is -2.30. The summed E-state index contributed by atoms with van der Waals surface area (Å²) in [7, 11) is 0. The summed E-state index contributed by atoms with van der Waals surface area (Å²) in [5.74, 6) is 0.661. The molecule has 1 N–H and O–H groups in total. The Labute approximate surface area is 185 Å². The molecule has 0 heterocycles. The van der Waals surface area contributed by atoms with Crippen LogP contribution in [0, 0.1) is 5.92 Å². The summed E-state index contributed by atoms with van der Waals surface area (Å²) in [5.41, 5.74) is 0. The minimum absolute atomic E-state index is 0.0420. The van der Waals surface area contributed by atoms with Gasteiger partial charge in [-0.05, 0) is 31.6 Å². The Bertz CT molecular complexity index is 342. The van der Waals surface area contributed by atoms with Gasteiger partial charge in [0.2, 0.25) is 0 Å². The number of hydrogen-bond donors (Lipinski definition) is 1. The minimum atomic E-state index is 0.0420. The normalized spacial score (nSPS) is 15.8. The fraction of sp³-hybridized carbons (Fsp3) is 1.00. The van der Waals surface area contributed by atoms with Gasteiger partial charge in [-0.3, -0.25) is 0 Å². The standard InChI is InChI=1S/C24H50O6/c1-6-11-12-21(7-2)17-27-18-22(8-3)29-20-24(10-5)30-19-23(9-4)28-16-15-26-14-13-25/h21-25H,6-20H2,1-5H3. The van der Waals surface area contributed by atoms with Crippen LogP contribution in [0.25, 0.3) is 0 Å². The molecule has 0 aliphatic rings. The highest BCUT2D eigenvalue weighted by Crippen LogP contribution is 2.14. The Morgan fingerprint density at radius 1 is 0.600 bits per heavy atom. The molecule has 0 radical (unpaired) electrons. The molecule has 30 heavy (non-hydrogen) atoms. The van der Waals surface area contributed by atoms with Crippen LogP contribution in [0.3, 0.4) is 0 Å². The molecule has 0 saturated heterocycles. The van der Waals surface area contributed by atoms with Crippen molar-refractivity contribution in [3.63, 3.8) is 0 Å². The van der Waals surface area contributed by atoms with E-state index in [-0.39, 0.29) is 24.9 Å². The van der Waals surface area contributed by atoms with Gasteiger partial charge in [-0.25, -0.2) is 0 Å². The molecule has 6 nitrogen and oxygen atoms in total. The van der Waals surface area contributed by atoms with Crippen molar-refractivity contribution in [1.29, 1.82) is 0 Å². The molecule has 6 heteroatoms. The second kappa shape index (κ2) is 22.0. The maximum atomic E-state index is 8.71. The van der Waals surface area contributed by atoms with Gasteiger partial charge in [0.05, 0.1) is 64.6 Å². The second-order valence-electron chi connectivity index (χ2n) is 7.92. The molecule has 0 fully saturated rings. The predicted molar refractivity (Wildman–Crippen MR) is 122 cm³/mol. The Hall–Kier alpha value is -0.240. The Morgan fingerprint density at radius 2 is 1.20 bits per heavy atom. The average molecular weight is 435 g/mol. The van der Waals surface area contributed by atoms with E-state index in [1.807, 2.05) is 0 Å². The highest BCUT2D eigenvalue weighted by molar-refractivity contribution is 4.63. The third-order valence-electron chi connectivity index (χ3n) is 5.42.